The Bertz CT molecular complexity index is 1720. The molecule has 190 valence electrons. The first-order valence-electron chi connectivity index (χ1n) is 11.5. The van der Waals surface area contributed by atoms with Crippen LogP contribution in [0.4, 0.5) is 15.2 Å². The summed E-state index contributed by atoms with van der Waals surface area (Å²) in [5.41, 5.74) is 2.02. The van der Waals surface area contributed by atoms with Gasteiger partial charge in [0.2, 0.25) is 5.13 Å². The van der Waals surface area contributed by atoms with Crippen LogP contribution in [0.2, 0.25) is 0 Å². The summed E-state index contributed by atoms with van der Waals surface area (Å²) >= 11 is 1.12. The van der Waals surface area contributed by atoms with Gasteiger partial charge in [-0.05, 0) is 60.2 Å². The fourth-order valence-electron chi connectivity index (χ4n) is 3.66. The Labute approximate surface area is 223 Å². The molecule has 5 rings (SSSR count). The van der Waals surface area contributed by atoms with Crippen molar-refractivity contribution in [3.05, 3.63) is 120 Å². The van der Waals surface area contributed by atoms with Crippen molar-refractivity contribution in [2.45, 2.75) is 4.90 Å². The Morgan fingerprint density at radius 3 is 2.26 bits per heavy atom. The Morgan fingerprint density at radius 2 is 1.58 bits per heavy atom. The van der Waals surface area contributed by atoms with Crippen LogP contribution in [-0.2, 0) is 10.0 Å². The largest absolute Gasteiger partial charge is 0.280 e. The molecule has 10 heteroatoms. The maximum absolute atomic E-state index is 13.8. The quantitative estimate of drug-likeness (QED) is 0.188. The minimum absolute atomic E-state index is 0.0372. The van der Waals surface area contributed by atoms with Crippen LogP contribution in [0.1, 0.15) is 15.9 Å². The van der Waals surface area contributed by atoms with Crippen LogP contribution >= 0.6 is 11.3 Å². The number of amides is 1. The Balaban J connectivity index is 1.48. The van der Waals surface area contributed by atoms with Crippen molar-refractivity contribution in [2.24, 2.45) is 5.10 Å². The van der Waals surface area contributed by atoms with Crippen LogP contribution in [0.15, 0.2) is 113 Å². The maximum Gasteiger partial charge on any atom is 0.280 e. The maximum atomic E-state index is 13.8. The van der Waals surface area contributed by atoms with Crippen LogP contribution in [0.3, 0.4) is 0 Å². The second-order valence-electron chi connectivity index (χ2n) is 8.21. The number of hydrazone groups is 1. The average Bonchev–Trinajstić information content (AvgIpc) is 3.36. The molecule has 0 N–H and O–H groups in total. The van der Waals surface area contributed by atoms with E-state index in [1.807, 2.05) is 30.3 Å². The molecule has 0 spiro atoms. The third-order valence-electron chi connectivity index (χ3n) is 5.71. The topological polar surface area (TPSA) is 82.9 Å². The molecule has 0 aliphatic heterocycles. The molecule has 0 atom stereocenters. The predicted molar refractivity (Wildman–Crippen MR) is 149 cm³/mol. The predicted octanol–water partition coefficient (Wildman–Crippen LogP) is 5.94. The van der Waals surface area contributed by atoms with E-state index >= 15 is 0 Å². The molecule has 1 heterocycles. The van der Waals surface area contributed by atoms with E-state index < -0.39 is 21.7 Å². The molecule has 0 saturated heterocycles. The molecule has 0 saturated carbocycles. The first-order valence-corrected chi connectivity index (χ1v) is 13.7. The summed E-state index contributed by atoms with van der Waals surface area (Å²) < 4.78 is 41.8. The van der Waals surface area contributed by atoms with Crippen LogP contribution in [-0.4, -0.2) is 32.6 Å². The number of carbonyl (C=O) groups excluding carboxylic acids is 1. The van der Waals surface area contributed by atoms with Gasteiger partial charge in [-0.1, -0.05) is 59.9 Å². The third kappa shape index (κ3) is 5.17. The number of fused-ring (bicyclic) bond motifs is 1. The number of hydrogen-bond acceptors (Lipinski definition) is 6. The molecule has 0 radical (unpaired) electrons. The normalized spacial score (nSPS) is 11.6. The number of aromatic nitrogens is 1. The number of thiazole rings is 1. The zero-order valence-corrected chi connectivity index (χ0v) is 21.7. The highest BCUT2D eigenvalue weighted by atomic mass is 32.2. The van der Waals surface area contributed by atoms with Gasteiger partial charge in [0.25, 0.3) is 15.9 Å². The number of sulfonamides is 1. The number of nitrogens with zero attached hydrogens (tertiary/aromatic N) is 4. The van der Waals surface area contributed by atoms with Crippen molar-refractivity contribution in [2.75, 3.05) is 16.4 Å². The van der Waals surface area contributed by atoms with Gasteiger partial charge >= 0.3 is 0 Å². The molecule has 1 aromatic heterocycles. The Hall–Kier alpha value is -4.41. The average molecular weight is 545 g/mol. The van der Waals surface area contributed by atoms with Gasteiger partial charge in [0, 0.05) is 12.6 Å². The molecule has 0 bridgehead atoms. The van der Waals surface area contributed by atoms with E-state index in [1.165, 1.54) is 60.0 Å². The number of hydrogen-bond donors (Lipinski definition) is 0. The number of carbonyl (C=O) groups is 1. The lowest BCUT2D eigenvalue weighted by molar-refractivity contribution is 0.0987. The van der Waals surface area contributed by atoms with Gasteiger partial charge in [0.15, 0.2) is 0 Å². The Morgan fingerprint density at radius 1 is 0.921 bits per heavy atom. The van der Waals surface area contributed by atoms with Crippen molar-refractivity contribution in [1.82, 2.24) is 4.98 Å². The van der Waals surface area contributed by atoms with Crippen LogP contribution < -0.4 is 9.31 Å². The summed E-state index contributed by atoms with van der Waals surface area (Å²) in [6, 6.07) is 27.8. The monoisotopic (exact) mass is 544 g/mol. The lowest BCUT2D eigenvalue weighted by atomic mass is 10.2. The highest BCUT2D eigenvalue weighted by Gasteiger charge is 2.24. The fourth-order valence-corrected chi connectivity index (χ4v) is 5.80. The lowest BCUT2D eigenvalue weighted by Crippen LogP contribution is -2.27. The summed E-state index contributed by atoms with van der Waals surface area (Å²) in [6.07, 6.45) is 1.53. The van der Waals surface area contributed by atoms with Gasteiger partial charge in [0.1, 0.15) is 5.82 Å². The fraction of sp³-hybridized carbons (Fsp3) is 0.0357. The van der Waals surface area contributed by atoms with E-state index in [0.717, 1.165) is 21.9 Å². The summed E-state index contributed by atoms with van der Waals surface area (Å²) in [7, 11) is -2.37. The minimum atomic E-state index is -3.84. The van der Waals surface area contributed by atoms with E-state index in [9.17, 15) is 17.6 Å². The van der Waals surface area contributed by atoms with E-state index in [1.54, 1.807) is 30.3 Å². The molecule has 0 aliphatic carbocycles. The molecule has 5 aromatic rings. The van der Waals surface area contributed by atoms with Crippen LogP contribution in [0.5, 0.6) is 0 Å². The second kappa shape index (κ2) is 10.5. The highest BCUT2D eigenvalue weighted by molar-refractivity contribution is 7.92. The standard InChI is InChI=1S/C28H21FN4O3S2/c1-32(23-10-6-3-7-11-23)38(35,36)24-15-12-21(13-16-24)27(34)33(30-19-20-8-4-2-5-9-20)28-31-25-17-14-22(29)18-26(25)37-28/h2-19H,1H3/b30-19+. The number of anilines is 2. The summed E-state index contributed by atoms with van der Waals surface area (Å²) in [4.78, 5) is 18.1. The molecular formula is C28H21FN4O3S2. The van der Waals surface area contributed by atoms with Gasteiger partial charge < -0.3 is 0 Å². The van der Waals surface area contributed by atoms with Gasteiger partial charge in [-0.15, -0.1) is 0 Å². The lowest BCUT2D eigenvalue weighted by Gasteiger charge is -2.19. The SMILES string of the molecule is CN(c1ccccc1)S(=O)(=O)c1ccc(C(=O)N(/N=C/c2ccccc2)c2nc3ccc(F)cc3s2)cc1. The molecule has 0 fully saturated rings. The third-order valence-corrected chi connectivity index (χ3v) is 8.51. The first kappa shape index (κ1) is 25.2. The van der Waals surface area contributed by atoms with Gasteiger partial charge in [0.05, 0.1) is 27.0 Å². The zero-order valence-electron chi connectivity index (χ0n) is 20.1. The molecule has 4 aromatic carbocycles. The van der Waals surface area contributed by atoms with E-state index in [4.69, 9.17) is 0 Å². The van der Waals surface area contributed by atoms with Gasteiger partial charge in [-0.2, -0.15) is 10.1 Å². The molecule has 1 amide bonds. The summed E-state index contributed by atoms with van der Waals surface area (Å²) in [6.45, 7) is 0. The number of rotatable bonds is 7. The van der Waals surface area contributed by atoms with Crippen molar-refractivity contribution in [1.29, 1.82) is 0 Å². The van der Waals surface area contributed by atoms with Crippen molar-refractivity contribution in [3.8, 4) is 0 Å². The number of halogens is 1. The number of para-hydroxylation sites is 1. The van der Waals surface area contributed by atoms with Gasteiger partial charge in [-0.25, -0.2) is 17.8 Å². The molecule has 0 aliphatic rings. The molecule has 38 heavy (non-hydrogen) atoms. The van der Waals surface area contributed by atoms with Crippen LogP contribution in [0.25, 0.3) is 10.2 Å². The van der Waals surface area contributed by atoms with Gasteiger partial charge in [-0.3, -0.25) is 9.10 Å². The van der Waals surface area contributed by atoms with E-state index in [0.29, 0.717) is 15.9 Å². The van der Waals surface area contributed by atoms with Crippen molar-refractivity contribution >= 4 is 54.5 Å². The van der Waals surface area contributed by atoms with Crippen molar-refractivity contribution in [3.63, 3.8) is 0 Å². The van der Waals surface area contributed by atoms with Crippen LogP contribution in [0, 0.1) is 5.82 Å². The number of benzene rings is 4. The second-order valence-corrected chi connectivity index (χ2v) is 11.2. The Kier molecular flexibility index (Phi) is 6.99. The molecule has 7 nitrogen and oxygen atoms in total. The van der Waals surface area contributed by atoms with E-state index in [-0.39, 0.29) is 15.6 Å². The van der Waals surface area contributed by atoms with Crippen molar-refractivity contribution < 1.29 is 17.6 Å². The van der Waals surface area contributed by atoms with E-state index in [2.05, 4.69) is 10.1 Å². The summed E-state index contributed by atoms with van der Waals surface area (Å²) in [5, 5.41) is 5.77. The molecule has 0 unspecified atom stereocenters. The summed E-state index contributed by atoms with van der Waals surface area (Å²) in [5.74, 6) is -0.923. The zero-order chi connectivity index (χ0) is 26.7. The highest BCUT2D eigenvalue weighted by Crippen LogP contribution is 2.31. The molecular weight excluding hydrogens is 523 g/mol. The first-order chi connectivity index (χ1) is 18.3. The smallest absolute Gasteiger partial charge is 0.269 e. The minimum Gasteiger partial charge on any atom is -0.269 e.